The minimum Gasteiger partial charge on any atom is -0.394 e. The van der Waals surface area contributed by atoms with Gasteiger partial charge in [-0.2, -0.15) is 0 Å². The summed E-state index contributed by atoms with van der Waals surface area (Å²) in [7, 11) is 0. The zero-order valence-electron chi connectivity index (χ0n) is 15.3. The van der Waals surface area contributed by atoms with E-state index in [9.17, 15) is 14.6 Å². The quantitative estimate of drug-likeness (QED) is 0.693. The normalized spacial score (nSPS) is 23.6. The molecule has 1 heterocycles. The van der Waals surface area contributed by atoms with Gasteiger partial charge in [-0.3, -0.25) is 0 Å². The number of fused-ring (bicyclic) bond motifs is 1. The van der Waals surface area contributed by atoms with Gasteiger partial charge in [0.05, 0.1) is 24.9 Å². The van der Waals surface area contributed by atoms with E-state index in [2.05, 4.69) is 0 Å². The van der Waals surface area contributed by atoms with Crippen LogP contribution >= 0.6 is 0 Å². The second kappa shape index (κ2) is 7.95. The molecule has 3 aliphatic rings. The van der Waals surface area contributed by atoms with Crippen LogP contribution in [0.4, 0.5) is 8.78 Å². The Kier molecular flexibility index (Phi) is 5.40. The summed E-state index contributed by atoms with van der Waals surface area (Å²) >= 11 is 0. The van der Waals surface area contributed by atoms with E-state index in [1.54, 1.807) is 18.2 Å². The summed E-state index contributed by atoms with van der Waals surface area (Å²) in [6.45, 7) is -0.203. The first-order valence-corrected chi connectivity index (χ1v) is 9.41. The summed E-state index contributed by atoms with van der Waals surface area (Å²) in [4.78, 5) is 0. The lowest BCUT2D eigenvalue weighted by molar-refractivity contribution is -0.113. The van der Waals surface area contributed by atoms with Gasteiger partial charge in [0.1, 0.15) is 5.82 Å². The smallest absolute Gasteiger partial charge is 0.153 e. The molecule has 0 spiro atoms. The van der Waals surface area contributed by atoms with Crippen molar-refractivity contribution >= 4 is 0 Å². The molecule has 0 bridgehead atoms. The van der Waals surface area contributed by atoms with Crippen LogP contribution in [0.25, 0.3) is 11.1 Å². The van der Waals surface area contributed by atoms with Gasteiger partial charge in [-0.25, -0.2) is 8.78 Å². The van der Waals surface area contributed by atoms with Crippen LogP contribution in [-0.4, -0.2) is 29.0 Å². The van der Waals surface area contributed by atoms with Crippen molar-refractivity contribution in [1.82, 2.24) is 0 Å². The van der Waals surface area contributed by atoms with E-state index in [-0.39, 0.29) is 12.2 Å². The Morgan fingerprint density at radius 2 is 1.71 bits per heavy atom. The van der Waals surface area contributed by atoms with Gasteiger partial charge in [0, 0.05) is 18.4 Å². The SMILES string of the molecule is OCC1CC(O)C[C@H](c2ccc(F)c(C(F)c3cc4cccccc-4c3)c2)O1. The van der Waals surface area contributed by atoms with E-state index in [4.69, 9.17) is 4.74 Å². The van der Waals surface area contributed by atoms with Crippen molar-refractivity contribution in [2.24, 2.45) is 0 Å². The molecule has 1 fully saturated rings. The molecule has 1 aliphatic heterocycles. The van der Waals surface area contributed by atoms with Gasteiger partial charge < -0.3 is 14.9 Å². The molecule has 0 amide bonds. The molecular weight excluding hydrogens is 362 g/mol. The molecule has 2 aliphatic carbocycles. The average molecular weight is 384 g/mol. The summed E-state index contributed by atoms with van der Waals surface area (Å²) in [6.07, 6.45) is -2.54. The Bertz CT molecular complexity index is 899. The molecule has 28 heavy (non-hydrogen) atoms. The lowest BCUT2D eigenvalue weighted by Gasteiger charge is -2.32. The monoisotopic (exact) mass is 384 g/mol. The molecule has 5 heteroatoms. The van der Waals surface area contributed by atoms with E-state index in [0.29, 0.717) is 24.0 Å². The largest absolute Gasteiger partial charge is 0.394 e. The van der Waals surface area contributed by atoms with Gasteiger partial charge >= 0.3 is 0 Å². The Balaban J connectivity index is 1.66. The van der Waals surface area contributed by atoms with Crippen LogP contribution in [0.1, 0.15) is 41.8 Å². The highest BCUT2D eigenvalue weighted by molar-refractivity contribution is 5.68. The summed E-state index contributed by atoms with van der Waals surface area (Å²) in [5.41, 5.74) is 2.72. The zero-order chi connectivity index (χ0) is 19.7. The van der Waals surface area contributed by atoms with Crippen LogP contribution in [0.2, 0.25) is 0 Å². The number of aliphatic hydroxyl groups is 2. The Morgan fingerprint density at radius 1 is 1.00 bits per heavy atom. The molecule has 3 nitrogen and oxygen atoms in total. The molecule has 0 aromatic heterocycles. The standard InChI is InChI=1S/C23H22F2O3/c24-21-7-6-16(22-12-18(27)11-19(13-26)28-22)10-20(21)23(25)17-8-14-4-2-1-3-5-15(14)9-17/h1-10,18-19,22-23,26-27H,11-13H2/t18?,19?,22-,23?/m1/s1. The van der Waals surface area contributed by atoms with Crippen LogP contribution in [0, 0.1) is 5.82 Å². The molecule has 0 radical (unpaired) electrons. The molecule has 1 aromatic rings. The third-order valence-corrected chi connectivity index (χ3v) is 5.29. The van der Waals surface area contributed by atoms with Crippen molar-refractivity contribution in [1.29, 1.82) is 0 Å². The Labute approximate surface area is 162 Å². The minimum absolute atomic E-state index is 0.0543. The predicted octanol–water partition coefficient (Wildman–Crippen LogP) is 4.56. The average Bonchev–Trinajstić information content (AvgIpc) is 2.97. The Morgan fingerprint density at radius 3 is 2.39 bits per heavy atom. The van der Waals surface area contributed by atoms with E-state index in [0.717, 1.165) is 11.1 Å². The van der Waals surface area contributed by atoms with Gasteiger partial charge in [-0.1, -0.05) is 36.4 Å². The highest BCUT2D eigenvalue weighted by Crippen LogP contribution is 2.38. The molecule has 3 unspecified atom stereocenters. The topological polar surface area (TPSA) is 49.7 Å². The van der Waals surface area contributed by atoms with Crippen molar-refractivity contribution in [3.8, 4) is 11.1 Å². The third-order valence-electron chi connectivity index (χ3n) is 5.29. The maximum Gasteiger partial charge on any atom is 0.153 e. The first-order chi connectivity index (χ1) is 13.5. The minimum atomic E-state index is -1.61. The lowest BCUT2D eigenvalue weighted by atomic mass is 9.93. The number of hydrogen-bond donors (Lipinski definition) is 2. The lowest BCUT2D eigenvalue weighted by Crippen LogP contribution is -2.33. The molecule has 0 saturated carbocycles. The van der Waals surface area contributed by atoms with Gasteiger partial charge in [-0.15, -0.1) is 0 Å². The van der Waals surface area contributed by atoms with E-state index in [1.165, 1.54) is 12.1 Å². The van der Waals surface area contributed by atoms with Gasteiger partial charge in [0.2, 0.25) is 0 Å². The van der Waals surface area contributed by atoms with Crippen LogP contribution in [-0.2, 0) is 4.74 Å². The number of rotatable bonds is 4. The molecule has 1 saturated heterocycles. The summed E-state index contributed by atoms with van der Waals surface area (Å²) in [6, 6.07) is 17.2. The van der Waals surface area contributed by atoms with Crippen molar-refractivity contribution in [2.75, 3.05) is 6.61 Å². The molecule has 4 atom stereocenters. The maximum absolute atomic E-state index is 15.3. The number of aliphatic hydroxyl groups excluding tert-OH is 2. The van der Waals surface area contributed by atoms with Crippen molar-refractivity contribution in [2.45, 2.75) is 37.3 Å². The van der Waals surface area contributed by atoms with E-state index >= 15 is 4.39 Å². The van der Waals surface area contributed by atoms with E-state index < -0.39 is 30.3 Å². The number of ether oxygens (including phenoxy) is 1. The van der Waals surface area contributed by atoms with Crippen LogP contribution in [0.3, 0.4) is 0 Å². The fraction of sp³-hybridized carbons (Fsp3) is 0.304. The number of benzene rings is 1. The Hall–Kier alpha value is -2.34. The van der Waals surface area contributed by atoms with Crippen molar-refractivity contribution in [3.63, 3.8) is 0 Å². The molecule has 4 rings (SSSR count). The van der Waals surface area contributed by atoms with Crippen LogP contribution in [0.5, 0.6) is 0 Å². The highest BCUT2D eigenvalue weighted by Gasteiger charge is 2.30. The summed E-state index contributed by atoms with van der Waals surface area (Å²) in [5.74, 6) is -0.623. The predicted molar refractivity (Wildman–Crippen MR) is 102 cm³/mol. The first kappa shape index (κ1) is 19.0. The van der Waals surface area contributed by atoms with Crippen molar-refractivity contribution < 1.29 is 23.7 Å². The second-order valence-corrected chi connectivity index (χ2v) is 7.31. The number of alkyl halides is 1. The number of hydrogen-bond acceptors (Lipinski definition) is 3. The third kappa shape index (κ3) is 3.78. The van der Waals surface area contributed by atoms with E-state index in [1.807, 2.05) is 30.3 Å². The molecular formula is C23H22F2O3. The highest BCUT2D eigenvalue weighted by atomic mass is 19.1. The fourth-order valence-corrected chi connectivity index (χ4v) is 3.84. The molecule has 2 N–H and O–H groups in total. The maximum atomic E-state index is 15.3. The number of halogens is 2. The summed E-state index contributed by atoms with van der Waals surface area (Å²) in [5, 5.41) is 19.4. The molecule has 1 aromatic carbocycles. The molecule has 146 valence electrons. The van der Waals surface area contributed by atoms with Gasteiger partial charge in [-0.05, 0) is 46.5 Å². The summed E-state index contributed by atoms with van der Waals surface area (Å²) < 4.78 is 35.5. The van der Waals surface area contributed by atoms with Crippen LogP contribution in [0.15, 0.2) is 60.7 Å². The first-order valence-electron chi connectivity index (χ1n) is 9.41. The van der Waals surface area contributed by atoms with Gasteiger partial charge in [0.15, 0.2) is 6.17 Å². The van der Waals surface area contributed by atoms with Crippen LogP contribution < -0.4 is 0 Å². The zero-order valence-corrected chi connectivity index (χ0v) is 15.3. The van der Waals surface area contributed by atoms with Crippen molar-refractivity contribution in [3.05, 3.63) is 83.2 Å². The van der Waals surface area contributed by atoms with Gasteiger partial charge in [0.25, 0.3) is 0 Å². The fourth-order valence-electron chi connectivity index (χ4n) is 3.84. The second-order valence-electron chi connectivity index (χ2n) is 7.31.